The fourth-order valence-corrected chi connectivity index (χ4v) is 2.40. The lowest BCUT2D eigenvalue weighted by Crippen LogP contribution is -2.15. The van der Waals surface area contributed by atoms with Gasteiger partial charge in [0.2, 0.25) is 0 Å². The third kappa shape index (κ3) is 5.39. The zero-order chi connectivity index (χ0) is 20.2. The van der Waals surface area contributed by atoms with Crippen LogP contribution in [0.1, 0.15) is 11.1 Å². The topological polar surface area (TPSA) is 64.9 Å². The number of halogens is 5. The third-order valence-corrected chi connectivity index (χ3v) is 4.10. The lowest BCUT2D eigenvalue weighted by atomic mass is 10.1. The highest BCUT2D eigenvalue weighted by atomic mass is 35.5. The number of hydrogen-bond acceptors (Lipinski definition) is 3. The molecule has 0 fully saturated rings. The van der Waals surface area contributed by atoms with Crippen LogP contribution in [0.5, 0.6) is 0 Å². The van der Waals surface area contributed by atoms with Crippen molar-refractivity contribution in [2.75, 3.05) is 10.6 Å². The van der Waals surface area contributed by atoms with Gasteiger partial charge >= 0.3 is 6.18 Å². The summed E-state index contributed by atoms with van der Waals surface area (Å²) in [5.74, 6) is -0.799. The Hall–Kier alpha value is -2.69. The monoisotopic (exact) mass is 413 g/mol. The quantitative estimate of drug-likeness (QED) is 0.493. The summed E-state index contributed by atoms with van der Waals surface area (Å²) in [6.45, 7) is 1.78. The Labute approximate surface area is 163 Å². The van der Waals surface area contributed by atoms with E-state index in [-0.39, 0.29) is 10.7 Å². The van der Waals surface area contributed by atoms with Crippen LogP contribution < -0.4 is 10.6 Å². The van der Waals surface area contributed by atoms with E-state index in [4.69, 9.17) is 28.5 Å². The first kappa shape index (κ1) is 20.6. The SMILES string of the molecule is Cc1ccc(NC(=O)/C(C#N)=C\Nc2ccc(Cl)cc2C(F)(F)F)cc1Cl. The second-order valence-electron chi connectivity index (χ2n) is 5.42. The van der Waals surface area contributed by atoms with Gasteiger partial charge in [-0.15, -0.1) is 0 Å². The summed E-state index contributed by atoms with van der Waals surface area (Å²) >= 11 is 11.6. The summed E-state index contributed by atoms with van der Waals surface area (Å²) in [5, 5.41) is 14.3. The highest BCUT2D eigenvalue weighted by Crippen LogP contribution is 2.36. The average Bonchev–Trinajstić information content (AvgIpc) is 2.59. The lowest BCUT2D eigenvalue weighted by Gasteiger charge is -2.13. The van der Waals surface area contributed by atoms with Gasteiger partial charge in [0.15, 0.2) is 0 Å². The number of nitrogens with zero attached hydrogens (tertiary/aromatic N) is 1. The molecule has 2 rings (SSSR count). The summed E-state index contributed by atoms with van der Waals surface area (Å²) < 4.78 is 39.2. The van der Waals surface area contributed by atoms with Crippen molar-refractivity contribution < 1.29 is 18.0 Å². The number of alkyl halides is 3. The fraction of sp³-hybridized carbons (Fsp3) is 0.111. The molecule has 0 heterocycles. The molecule has 0 aliphatic heterocycles. The molecule has 0 radical (unpaired) electrons. The Morgan fingerprint density at radius 2 is 1.89 bits per heavy atom. The van der Waals surface area contributed by atoms with Crippen LogP contribution in [0, 0.1) is 18.3 Å². The number of anilines is 2. The van der Waals surface area contributed by atoms with Crippen LogP contribution in [0.3, 0.4) is 0 Å². The Balaban J connectivity index is 2.23. The molecule has 0 aliphatic rings. The first-order valence-electron chi connectivity index (χ1n) is 7.43. The maximum Gasteiger partial charge on any atom is 0.418 e. The maximum atomic E-state index is 13.1. The number of rotatable bonds is 4. The summed E-state index contributed by atoms with van der Waals surface area (Å²) in [5.41, 5.74) is -0.635. The third-order valence-electron chi connectivity index (χ3n) is 3.45. The van der Waals surface area contributed by atoms with Crippen molar-refractivity contribution in [3.05, 3.63) is 69.3 Å². The van der Waals surface area contributed by atoms with Crippen LogP contribution in [0.4, 0.5) is 24.5 Å². The molecule has 0 spiro atoms. The van der Waals surface area contributed by atoms with E-state index in [0.717, 1.165) is 23.9 Å². The average molecular weight is 414 g/mol. The molecule has 1 amide bonds. The first-order chi connectivity index (χ1) is 12.6. The van der Waals surface area contributed by atoms with Gasteiger partial charge in [-0.3, -0.25) is 4.79 Å². The summed E-state index contributed by atoms with van der Waals surface area (Å²) in [7, 11) is 0. The van der Waals surface area contributed by atoms with Gasteiger partial charge in [0.05, 0.1) is 11.3 Å². The predicted molar refractivity (Wildman–Crippen MR) is 98.6 cm³/mol. The second kappa shape index (κ2) is 8.33. The number of amides is 1. The van der Waals surface area contributed by atoms with Crippen molar-refractivity contribution in [1.29, 1.82) is 5.26 Å². The molecule has 2 aromatic carbocycles. The molecule has 0 atom stereocenters. The molecule has 140 valence electrons. The molecule has 27 heavy (non-hydrogen) atoms. The standard InChI is InChI=1S/C18H12Cl2F3N3O/c1-10-2-4-13(7-15(10)20)26-17(27)11(8-24)9-25-16-5-3-12(19)6-14(16)18(21,22)23/h2-7,9,25H,1H3,(H,26,27)/b11-9-. The van der Waals surface area contributed by atoms with Gasteiger partial charge in [-0.25, -0.2) is 0 Å². The number of aryl methyl sites for hydroxylation is 1. The molecule has 0 aliphatic carbocycles. The normalized spacial score (nSPS) is 11.7. The van der Waals surface area contributed by atoms with Gasteiger partial charge < -0.3 is 10.6 Å². The van der Waals surface area contributed by atoms with Crippen molar-refractivity contribution in [3.8, 4) is 6.07 Å². The number of hydrogen-bond donors (Lipinski definition) is 2. The van der Waals surface area contributed by atoms with E-state index in [1.54, 1.807) is 25.1 Å². The molecule has 0 unspecified atom stereocenters. The van der Waals surface area contributed by atoms with Crippen LogP contribution in [0.2, 0.25) is 10.0 Å². The van der Waals surface area contributed by atoms with Gasteiger partial charge in [-0.05, 0) is 42.8 Å². The second-order valence-corrected chi connectivity index (χ2v) is 6.26. The van der Waals surface area contributed by atoms with Crippen LogP contribution >= 0.6 is 23.2 Å². The maximum absolute atomic E-state index is 13.1. The van der Waals surface area contributed by atoms with Crippen molar-refractivity contribution in [1.82, 2.24) is 0 Å². The predicted octanol–water partition coefficient (Wildman–Crippen LogP) is 5.78. The molecule has 0 saturated carbocycles. The molecule has 0 bridgehead atoms. The molecule has 0 saturated heterocycles. The first-order valence-corrected chi connectivity index (χ1v) is 8.18. The van der Waals surface area contributed by atoms with E-state index in [0.29, 0.717) is 10.7 Å². The Morgan fingerprint density at radius 1 is 1.19 bits per heavy atom. The minimum atomic E-state index is -4.66. The Bertz CT molecular complexity index is 950. The number of nitriles is 1. The van der Waals surface area contributed by atoms with Gasteiger partial charge in [0.1, 0.15) is 11.6 Å². The van der Waals surface area contributed by atoms with Gasteiger partial charge in [0.25, 0.3) is 5.91 Å². The summed E-state index contributed by atoms with van der Waals surface area (Å²) in [6, 6.07) is 9.50. The van der Waals surface area contributed by atoms with Crippen molar-refractivity contribution in [2.24, 2.45) is 0 Å². The van der Waals surface area contributed by atoms with Crippen LogP contribution in [0.25, 0.3) is 0 Å². The molecular formula is C18H12Cl2F3N3O. The number of carbonyl (C=O) groups is 1. The Kier molecular flexibility index (Phi) is 6.37. The van der Waals surface area contributed by atoms with Gasteiger partial charge in [0, 0.05) is 21.9 Å². The van der Waals surface area contributed by atoms with Crippen molar-refractivity contribution in [3.63, 3.8) is 0 Å². The number of carbonyl (C=O) groups excluding carboxylic acids is 1. The molecule has 2 N–H and O–H groups in total. The van der Waals surface area contributed by atoms with E-state index in [1.807, 2.05) is 0 Å². The minimum absolute atomic E-state index is 0.0913. The van der Waals surface area contributed by atoms with E-state index in [2.05, 4.69) is 10.6 Å². The van der Waals surface area contributed by atoms with Crippen molar-refractivity contribution >= 4 is 40.5 Å². The largest absolute Gasteiger partial charge is 0.418 e. The molecule has 0 aromatic heterocycles. The fourth-order valence-electron chi connectivity index (χ4n) is 2.04. The van der Waals surface area contributed by atoms with E-state index >= 15 is 0 Å². The van der Waals surface area contributed by atoms with Gasteiger partial charge in [-0.2, -0.15) is 18.4 Å². The Morgan fingerprint density at radius 3 is 2.48 bits per heavy atom. The number of nitrogens with one attached hydrogen (secondary N) is 2. The minimum Gasteiger partial charge on any atom is -0.360 e. The molecule has 4 nitrogen and oxygen atoms in total. The number of benzene rings is 2. The lowest BCUT2D eigenvalue weighted by molar-refractivity contribution is -0.136. The van der Waals surface area contributed by atoms with Gasteiger partial charge in [-0.1, -0.05) is 29.3 Å². The van der Waals surface area contributed by atoms with E-state index in [1.165, 1.54) is 12.1 Å². The highest BCUT2D eigenvalue weighted by Gasteiger charge is 2.33. The molecule has 9 heteroatoms. The van der Waals surface area contributed by atoms with Crippen LogP contribution in [0.15, 0.2) is 48.2 Å². The van der Waals surface area contributed by atoms with Crippen LogP contribution in [-0.2, 0) is 11.0 Å². The van der Waals surface area contributed by atoms with E-state index in [9.17, 15) is 18.0 Å². The smallest absolute Gasteiger partial charge is 0.360 e. The summed E-state index contributed by atoms with van der Waals surface area (Å²) in [4.78, 5) is 12.2. The highest BCUT2D eigenvalue weighted by molar-refractivity contribution is 6.31. The summed E-state index contributed by atoms with van der Waals surface area (Å²) in [6.07, 6.45) is -3.77. The van der Waals surface area contributed by atoms with Crippen LogP contribution in [-0.4, -0.2) is 5.91 Å². The zero-order valence-corrected chi connectivity index (χ0v) is 15.3. The molecular weight excluding hydrogens is 402 g/mol. The van der Waals surface area contributed by atoms with Crippen molar-refractivity contribution in [2.45, 2.75) is 13.1 Å². The molecule has 2 aromatic rings. The van der Waals surface area contributed by atoms with E-state index < -0.39 is 23.2 Å². The zero-order valence-electron chi connectivity index (χ0n) is 13.8.